The van der Waals surface area contributed by atoms with Crippen LogP contribution in [0.3, 0.4) is 0 Å². The Morgan fingerprint density at radius 1 is 1.29 bits per heavy atom. The van der Waals surface area contributed by atoms with Crippen LogP contribution in [0.15, 0.2) is 31.0 Å². The third-order valence-corrected chi connectivity index (χ3v) is 2.76. The number of rotatable bonds is 5. The summed E-state index contributed by atoms with van der Waals surface area (Å²) in [4.78, 5) is 8.23. The molecule has 0 aromatic carbocycles. The molecule has 0 bridgehead atoms. The lowest BCUT2D eigenvalue weighted by Gasteiger charge is -2.15. The molecule has 0 atom stereocenters. The lowest BCUT2D eigenvalue weighted by molar-refractivity contribution is 0.671. The van der Waals surface area contributed by atoms with Crippen LogP contribution in [0.25, 0.3) is 5.82 Å². The van der Waals surface area contributed by atoms with Gasteiger partial charge in [0.05, 0.1) is 11.9 Å². The summed E-state index contributed by atoms with van der Waals surface area (Å²) in [5.41, 5.74) is 1.04. The molecule has 0 unspecified atom stereocenters. The predicted octanol–water partition coefficient (Wildman–Crippen LogP) is 2.26. The molecule has 0 saturated heterocycles. The Morgan fingerprint density at radius 2 is 2.12 bits per heavy atom. The van der Waals surface area contributed by atoms with Crippen molar-refractivity contribution in [3.63, 3.8) is 0 Å². The second-order valence-corrected chi connectivity index (χ2v) is 3.90. The number of hydrogen-bond acceptors (Lipinski definition) is 4. The maximum Gasteiger partial charge on any atom is 0.155 e. The standard InChI is InChI=1S/C12H17N5/c1-3-10(4-2)16-11-5-6-12(14-7-11)17-9-13-8-15-17/h5-10,16H,3-4H2,1-2H3. The van der Waals surface area contributed by atoms with Gasteiger partial charge in [-0.3, -0.25) is 0 Å². The summed E-state index contributed by atoms with van der Waals surface area (Å²) >= 11 is 0. The van der Waals surface area contributed by atoms with Gasteiger partial charge in [-0.05, 0) is 25.0 Å². The molecule has 2 heterocycles. The largest absolute Gasteiger partial charge is 0.381 e. The highest BCUT2D eigenvalue weighted by atomic mass is 15.3. The number of aromatic nitrogens is 4. The van der Waals surface area contributed by atoms with Crippen molar-refractivity contribution in [1.82, 2.24) is 19.7 Å². The first kappa shape index (κ1) is 11.6. The van der Waals surface area contributed by atoms with Gasteiger partial charge in [-0.25, -0.2) is 14.6 Å². The van der Waals surface area contributed by atoms with Gasteiger partial charge in [0.25, 0.3) is 0 Å². The lowest BCUT2D eigenvalue weighted by atomic mass is 10.1. The molecule has 2 rings (SSSR count). The topological polar surface area (TPSA) is 55.6 Å². The number of hydrogen-bond donors (Lipinski definition) is 1. The highest BCUT2D eigenvalue weighted by Crippen LogP contribution is 2.12. The van der Waals surface area contributed by atoms with E-state index in [0.29, 0.717) is 6.04 Å². The molecule has 0 amide bonds. The molecule has 0 radical (unpaired) electrons. The summed E-state index contributed by atoms with van der Waals surface area (Å²) < 4.78 is 1.64. The van der Waals surface area contributed by atoms with Crippen molar-refractivity contribution >= 4 is 5.69 Å². The van der Waals surface area contributed by atoms with Gasteiger partial charge < -0.3 is 5.32 Å². The van der Waals surface area contributed by atoms with E-state index >= 15 is 0 Å². The molecule has 2 aromatic heterocycles. The van der Waals surface area contributed by atoms with Crippen molar-refractivity contribution in [2.24, 2.45) is 0 Å². The van der Waals surface area contributed by atoms with Crippen molar-refractivity contribution in [3.8, 4) is 5.82 Å². The van der Waals surface area contributed by atoms with Gasteiger partial charge in [0, 0.05) is 6.04 Å². The van der Waals surface area contributed by atoms with E-state index in [1.54, 1.807) is 11.0 Å². The fraction of sp³-hybridized carbons (Fsp3) is 0.417. The maximum absolute atomic E-state index is 4.34. The van der Waals surface area contributed by atoms with Gasteiger partial charge in [0.1, 0.15) is 12.7 Å². The maximum atomic E-state index is 4.34. The van der Waals surface area contributed by atoms with E-state index in [9.17, 15) is 0 Å². The van der Waals surface area contributed by atoms with Crippen LogP contribution in [0.1, 0.15) is 26.7 Å². The molecule has 2 aromatic rings. The average molecular weight is 231 g/mol. The predicted molar refractivity (Wildman–Crippen MR) is 67.1 cm³/mol. The normalized spacial score (nSPS) is 10.8. The summed E-state index contributed by atoms with van der Waals surface area (Å²) in [7, 11) is 0. The highest BCUT2D eigenvalue weighted by molar-refractivity contribution is 5.44. The van der Waals surface area contributed by atoms with Crippen LogP contribution in [-0.2, 0) is 0 Å². The Bertz CT molecular complexity index is 430. The van der Waals surface area contributed by atoms with Crippen LogP contribution in [0, 0.1) is 0 Å². The summed E-state index contributed by atoms with van der Waals surface area (Å²) in [5.74, 6) is 0.776. The molecule has 90 valence electrons. The molecule has 17 heavy (non-hydrogen) atoms. The van der Waals surface area contributed by atoms with E-state index in [0.717, 1.165) is 24.3 Å². The molecule has 5 heteroatoms. The zero-order valence-corrected chi connectivity index (χ0v) is 10.2. The van der Waals surface area contributed by atoms with E-state index in [-0.39, 0.29) is 0 Å². The molecule has 0 spiro atoms. The zero-order chi connectivity index (χ0) is 12.1. The van der Waals surface area contributed by atoms with E-state index in [4.69, 9.17) is 0 Å². The quantitative estimate of drug-likeness (QED) is 0.857. The Labute approximate surface area is 101 Å². The molecule has 5 nitrogen and oxygen atoms in total. The van der Waals surface area contributed by atoms with Gasteiger partial charge in [-0.2, -0.15) is 5.10 Å². The molecule has 0 saturated carbocycles. The monoisotopic (exact) mass is 231 g/mol. The summed E-state index contributed by atoms with van der Waals surface area (Å²) in [6, 6.07) is 4.45. The number of nitrogens with one attached hydrogen (secondary N) is 1. The number of nitrogens with zero attached hydrogens (tertiary/aromatic N) is 4. The van der Waals surface area contributed by atoms with Crippen molar-refractivity contribution in [3.05, 3.63) is 31.0 Å². The van der Waals surface area contributed by atoms with E-state index in [1.165, 1.54) is 6.33 Å². The second-order valence-electron chi connectivity index (χ2n) is 3.90. The van der Waals surface area contributed by atoms with Crippen molar-refractivity contribution in [2.75, 3.05) is 5.32 Å². The zero-order valence-electron chi connectivity index (χ0n) is 10.2. The van der Waals surface area contributed by atoms with Crippen molar-refractivity contribution in [2.45, 2.75) is 32.7 Å². The summed E-state index contributed by atoms with van der Waals surface area (Å²) in [6.07, 6.45) is 7.19. The molecule has 0 aliphatic carbocycles. The van der Waals surface area contributed by atoms with Gasteiger partial charge in [0.15, 0.2) is 5.82 Å². The highest BCUT2D eigenvalue weighted by Gasteiger charge is 2.04. The van der Waals surface area contributed by atoms with Gasteiger partial charge in [0.2, 0.25) is 0 Å². The molecular weight excluding hydrogens is 214 g/mol. The van der Waals surface area contributed by atoms with E-state index in [2.05, 4.69) is 34.2 Å². The van der Waals surface area contributed by atoms with Crippen LogP contribution in [0.2, 0.25) is 0 Å². The molecule has 0 aliphatic rings. The van der Waals surface area contributed by atoms with Crippen LogP contribution < -0.4 is 5.32 Å². The average Bonchev–Trinajstić information content (AvgIpc) is 2.90. The minimum absolute atomic E-state index is 0.508. The van der Waals surface area contributed by atoms with Crippen LogP contribution in [0.4, 0.5) is 5.69 Å². The van der Waals surface area contributed by atoms with E-state index < -0.39 is 0 Å². The lowest BCUT2D eigenvalue weighted by Crippen LogP contribution is -2.17. The minimum atomic E-state index is 0.508. The fourth-order valence-corrected chi connectivity index (χ4v) is 1.66. The number of pyridine rings is 1. The van der Waals surface area contributed by atoms with Crippen molar-refractivity contribution in [1.29, 1.82) is 0 Å². The molecule has 0 fully saturated rings. The first-order valence-corrected chi connectivity index (χ1v) is 5.91. The van der Waals surface area contributed by atoms with Crippen LogP contribution >= 0.6 is 0 Å². The Kier molecular flexibility index (Phi) is 3.69. The molecular formula is C12H17N5. The van der Waals surface area contributed by atoms with Crippen LogP contribution in [0.5, 0.6) is 0 Å². The minimum Gasteiger partial charge on any atom is -0.381 e. The van der Waals surface area contributed by atoms with Gasteiger partial charge >= 0.3 is 0 Å². The first-order chi connectivity index (χ1) is 8.33. The third-order valence-electron chi connectivity index (χ3n) is 2.76. The summed E-state index contributed by atoms with van der Waals surface area (Å²) in [5, 5.41) is 7.48. The smallest absolute Gasteiger partial charge is 0.155 e. The fourth-order valence-electron chi connectivity index (χ4n) is 1.66. The Morgan fingerprint density at radius 3 is 2.65 bits per heavy atom. The Hall–Kier alpha value is -1.91. The van der Waals surface area contributed by atoms with E-state index in [1.807, 2.05) is 18.3 Å². The SMILES string of the molecule is CCC(CC)Nc1ccc(-n2cncn2)nc1. The molecule has 0 aliphatic heterocycles. The van der Waals surface area contributed by atoms with Gasteiger partial charge in [-0.1, -0.05) is 13.8 Å². The Balaban J connectivity index is 2.08. The first-order valence-electron chi connectivity index (χ1n) is 5.91. The second kappa shape index (κ2) is 5.43. The van der Waals surface area contributed by atoms with Gasteiger partial charge in [-0.15, -0.1) is 0 Å². The summed E-state index contributed by atoms with van der Waals surface area (Å²) in [6.45, 7) is 4.36. The van der Waals surface area contributed by atoms with Crippen LogP contribution in [-0.4, -0.2) is 25.8 Å². The number of anilines is 1. The third kappa shape index (κ3) is 2.81. The molecule has 1 N–H and O–H groups in total. The van der Waals surface area contributed by atoms with Crippen molar-refractivity contribution < 1.29 is 0 Å².